The highest BCUT2D eigenvalue weighted by Crippen LogP contribution is 2.32. The second-order valence-electron chi connectivity index (χ2n) is 8.13. The van der Waals surface area contributed by atoms with E-state index in [-0.39, 0.29) is 5.92 Å². The summed E-state index contributed by atoms with van der Waals surface area (Å²) in [6, 6.07) is 12.7. The van der Waals surface area contributed by atoms with E-state index in [1.54, 1.807) is 24.3 Å². The summed E-state index contributed by atoms with van der Waals surface area (Å²) in [6.45, 7) is 3.89. The van der Waals surface area contributed by atoms with E-state index in [0.29, 0.717) is 24.0 Å². The molecule has 3 amide bonds. The number of benzene rings is 2. The van der Waals surface area contributed by atoms with E-state index >= 15 is 0 Å². The van der Waals surface area contributed by atoms with Crippen molar-refractivity contribution in [2.45, 2.75) is 44.9 Å². The quantitative estimate of drug-likeness (QED) is 0.766. The zero-order valence-electron chi connectivity index (χ0n) is 16.5. The van der Waals surface area contributed by atoms with E-state index in [1.807, 2.05) is 38.1 Å². The maximum atomic E-state index is 13.3. The molecule has 0 aromatic heterocycles. The summed E-state index contributed by atoms with van der Waals surface area (Å²) in [6.07, 6.45) is 0.0725. The molecule has 2 aliphatic rings. The van der Waals surface area contributed by atoms with Crippen LogP contribution in [0, 0.1) is 5.92 Å². The normalized spacial score (nSPS) is 21.3. The number of aliphatic hydroxyl groups is 1. The van der Waals surface area contributed by atoms with Crippen LogP contribution in [0.1, 0.15) is 58.2 Å². The summed E-state index contributed by atoms with van der Waals surface area (Å²) in [7, 11) is 0. The SMILES string of the molecule is CC(C)CC(C(=O)N[C@H]1c2ccccc2C[C@H]1O)N1C(=O)c2ccccc2C1=O. The lowest BCUT2D eigenvalue weighted by Crippen LogP contribution is -2.51. The molecule has 2 aromatic carbocycles. The number of hydrogen-bond donors (Lipinski definition) is 2. The molecule has 0 saturated carbocycles. The Morgan fingerprint density at radius 1 is 1.07 bits per heavy atom. The van der Waals surface area contributed by atoms with Crippen molar-refractivity contribution in [3.63, 3.8) is 0 Å². The molecule has 1 unspecified atom stereocenters. The molecule has 29 heavy (non-hydrogen) atoms. The van der Waals surface area contributed by atoms with Crippen LogP contribution in [0.4, 0.5) is 0 Å². The van der Waals surface area contributed by atoms with Crippen molar-refractivity contribution in [3.8, 4) is 0 Å². The molecule has 1 aliphatic carbocycles. The monoisotopic (exact) mass is 392 g/mol. The Morgan fingerprint density at radius 2 is 1.66 bits per heavy atom. The van der Waals surface area contributed by atoms with Gasteiger partial charge in [-0.2, -0.15) is 0 Å². The van der Waals surface area contributed by atoms with E-state index < -0.39 is 35.9 Å². The van der Waals surface area contributed by atoms with Crippen LogP contribution in [0.25, 0.3) is 0 Å². The molecule has 3 atom stereocenters. The molecule has 2 aromatic rings. The van der Waals surface area contributed by atoms with Gasteiger partial charge >= 0.3 is 0 Å². The van der Waals surface area contributed by atoms with Crippen LogP contribution >= 0.6 is 0 Å². The predicted molar refractivity (Wildman–Crippen MR) is 107 cm³/mol. The second kappa shape index (κ2) is 7.44. The minimum absolute atomic E-state index is 0.0934. The van der Waals surface area contributed by atoms with E-state index in [9.17, 15) is 19.5 Å². The van der Waals surface area contributed by atoms with Gasteiger partial charge in [-0.25, -0.2) is 0 Å². The Hall–Kier alpha value is -2.99. The molecule has 1 aliphatic heterocycles. The standard InChI is InChI=1S/C23H24N2O4/c1-13(2)11-18(25-22(28)16-9-5-6-10-17(16)23(25)29)21(27)24-20-15-8-4-3-7-14(15)12-19(20)26/h3-10,13,18-20,26H,11-12H2,1-2H3,(H,24,27)/t18?,19-,20+/m1/s1. The Bertz CT molecular complexity index is 949. The van der Waals surface area contributed by atoms with E-state index in [4.69, 9.17) is 0 Å². The fraction of sp³-hybridized carbons (Fsp3) is 0.348. The molecule has 0 bridgehead atoms. The van der Waals surface area contributed by atoms with Crippen molar-refractivity contribution < 1.29 is 19.5 Å². The highest BCUT2D eigenvalue weighted by molar-refractivity contribution is 6.22. The van der Waals surface area contributed by atoms with Crippen LogP contribution in [0.15, 0.2) is 48.5 Å². The molecule has 1 heterocycles. The summed E-state index contributed by atoms with van der Waals surface area (Å²) in [5.74, 6) is -1.22. The number of carbonyl (C=O) groups excluding carboxylic acids is 3. The first kappa shape index (κ1) is 19.3. The maximum absolute atomic E-state index is 13.3. The summed E-state index contributed by atoms with van der Waals surface area (Å²) in [5.41, 5.74) is 2.51. The van der Waals surface area contributed by atoms with Crippen molar-refractivity contribution in [2.24, 2.45) is 5.92 Å². The van der Waals surface area contributed by atoms with Gasteiger partial charge in [-0.3, -0.25) is 19.3 Å². The van der Waals surface area contributed by atoms with Gasteiger partial charge in [-0.1, -0.05) is 50.2 Å². The topological polar surface area (TPSA) is 86.7 Å². The van der Waals surface area contributed by atoms with E-state index in [1.165, 1.54) is 0 Å². The molecule has 0 fully saturated rings. The van der Waals surface area contributed by atoms with Gasteiger partial charge in [-0.05, 0) is 35.6 Å². The molecule has 0 radical (unpaired) electrons. The number of aliphatic hydroxyl groups excluding tert-OH is 1. The van der Waals surface area contributed by atoms with Crippen molar-refractivity contribution in [3.05, 3.63) is 70.8 Å². The zero-order chi connectivity index (χ0) is 20.7. The second-order valence-corrected chi connectivity index (χ2v) is 8.13. The van der Waals surface area contributed by atoms with E-state index in [0.717, 1.165) is 16.0 Å². The molecule has 0 spiro atoms. The lowest BCUT2D eigenvalue weighted by Gasteiger charge is -2.29. The van der Waals surface area contributed by atoms with Crippen molar-refractivity contribution in [1.29, 1.82) is 0 Å². The minimum Gasteiger partial charge on any atom is -0.390 e. The van der Waals surface area contributed by atoms with Crippen LogP contribution in [-0.4, -0.2) is 39.9 Å². The van der Waals surface area contributed by atoms with Crippen molar-refractivity contribution in [1.82, 2.24) is 10.2 Å². The molecule has 2 N–H and O–H groups in total. The summed E-state index contributed by atoms with van der Waals surface area (Å²) < 4.78 is 0. The third-order valence-electron chi connectivity index (χ3n) is 5.64. The van der Waals surface area contributed by atoms with Gasteiger partial charge in [0.2, 0.25) is 5.91 Å². The minimum atomic E-state index is -0.928. The van der Waals surface area contributed by atoms with Gasteiger partial charge < -0.3 is 10.4 Å². The number of rotatable bonds is 5. The zero-order valence-corrected chi connectivity index (χ0v) is 16.5. The molecule has 4 rings (SSSR count). The lowest BCUT2D eigenvalue weighted by atomic mass is 10.00. The average molecular weight is 392 g/mol. The van der Waals surface area contributed by atoms with Crippen LogP contribution in [-0.2, 0) is 11.2 Å². The van der Waals surface area contributed by atoms with Crippen LogP contribution in [0.3, 0.4) is 0 Å². The van der Waals surface area contributed by atoms with E-state index in [2.05, 4.69) is 5.32 Å². The van der Waals surface area contributed by atoms with Gasteiger partial charge in [0.1, 0.15) is 6.04 Å². The first-order valence-electron chi connectivity index (χ1n) is 9.91. The first-order valence-corrected chi connectivity index (χ1v) is 9.91. The Labute approximate surface area is 169 Å². The van der Waals surface area contributed by atoms with Gasteiger partial charge in [0, 0.05) is 6.42 Å². The van der Waals surface area contributed by atoms with Crippen molar-refractivity contribution >= 4 is 17.7 Å². The first-order chi connectivity index (χ1) is 13.9. The number of fused-ring (bicyclic) bond motifs is 2. The molecule has 6 nitrogen and oxygen atoms in total. The highest BCUT2D eigenvalue weighted by Gasteiger charge is 2.44. The predicted octanol–water partition coefficient (Wildman–Crippen LogP) is 2.47. The number of imide groups is 1. The summed E-state index contributed by atoms with van der Waals surface area (Å²) in [5, 5.41) is 13.4. The summed E-state index contributed by atoms with van der Waals surface area (Å²) in [4.78, 5) is 40.1. The molecule has 150 valence electrons. The largest absolute Gasteiger partial charge is 0.390 e. The van der Waals surface area contributed by atoms with Gasteiger partial charge in [0.25, 0.3) is 11.8 Å². The highest BCUT2D eigenvalue weighted by atomic mass is 16.3. The molecular formula is C23H24N2O4. The average Bonchev–Trinajstić information content (AvgIpc) is 3.14. The van der Waals surface area contributed by atoms with Gasteiger partial charge in [-0.15, -0.1) is 0 Å². The lowest BCUT2D eigenvalue weighted by molar-refractivity contribution is -0.127. The number of hydrogen-bond acceptors (Lipinski definition) is 4. The van der Waals surface area contributed by atoms with Gasteiger partial charge in [0.05, 0.1) is 23.3 Å². The fourth-order valence-electron chi connectivity index (χ4n) is 4.26. The molecule has 6 heteroatoms. The fourth-order valence-corrected chi connectivity index (χ4v) is 4.26. The van der Waals surface area contributed by atoms with Crippen molar-refractivity contribution in [2.75, 3.05) is 0 Å². The smallest absolute Gasteiger partial charge is 0.262 e. The van der Waals surface area contributed by atoms with Crippen LogP contribution < -0.4 is 5.32 Å². The third-order valence-corrected chi connectivity index (χ3v) is 5.64. The number of amides is 3. The Balaban J connectivity index is 1.62. The Kier molecular flexibility index (Phi) is 4.96. The Morgan fingerprint density at radius 3 is 2.28 bits per heavy atom. The number of nitrogens with zero attached hydrogens (tertiary/aromatic N) is 1. The maximum Gasteiger partial charge on any atom is 0.262 e. The third kappa shape index (κ3) is 3.34. The van der Waals surface area contributed by atoms with Crippen LogP contribution in [0.5, 0.6) is 0 Å². The molecular weight excluding hydrogens is 368 g/mol. The number of carbonyl (C=O) groups is 3. The number of nitrogens with one attached hydrogen (secondary N) is 1. The van der Waals surface area contributed by atoms with Crippen LogP contribution in [0.2, 0.25) is 0 Å². The molecule has 0 saturated heterocycles. The van der Waals surface area contributed by atoms with Gasteiger partial charge in [0.15, 0.2) is 0 Å². The summed E-state index contributed by atoms with van der Waals surface area (Å²) >= 11 is 0.